The summed E-state index contributed by atoms with van der Waals surface area (Å²) in [7, 11) is -0.801. The molecule has 66 valence electrons. The molecule has 0 N–H and O–H groups in total. The first-order valence-electron chi connectivity index (χ1n) is 4.25. The van der Waals surface area contributed by atoms with Crippen molar-refractivity contribution in [3.63, 3.8) is 0 Å². The van der Waals surface area contributed by atoms with Gasteiger partial charge >= 0.3 is 0 Å². The Bertz CT molecular complexity index is 264. The van der Waals surface area contributed by atoms with Gasteiger partial charge in [-0.1, -0.05) is 26.0 Å². The van der Waals surface area contributed by atoms with Gasteiger partial charge in [-0.05, 0) is 24.1 Å². The zero-order valence-corrected chi connectivity index (χ0v) is 8.36. The van der Waals surface area contributed by atoms with Crippen LogP contribution in [0.5, 0.6) is 0 Å². The van der Waals surface area contributed by atoms with Crippen LogP contribution < -0.4 is 0 Å². The van der Waals surface area contributed by atoms with Crippen molar-refractivity contribution in [3.8, 4) is 0 Å². The summed E-state index contributed by atoms with van der Waals surface area (Å²) in [5, 5.41) is 0. The lowest BCUT2D eigenvalue weighted by molar-refractivity contribution is 0.684. The van der Waals surface area contributed by atoms with Crippen molar-refractivity contribution in [2.24, 2.45) is 0 Å². The van der Waals surface area contributed by atoms with E-state index >= 15 is 0 Å². The van der Waals surface area contributed by atoms with E-state index in [0.717, 1.165) is 11.3 Å². The molecule has 0 spiro atoms. The number of benzene rings is 1. The average molecular weight is 182 g/mol. The molecule has 0 aliphatic rings. The summed E-state index contributed by atoms with van der Waals surface area (Å²) >= 11 is 0. The van der Waals surface area contributed by atoms with E-state index < -0.39 is 10.8 Å². The molecule has 1 nitrogen and oxygen atoms in total. The predicted molar refractivity (Wildman–Crippen MR) is 52.8 cm³/mol. The highest BCUT2D eigenvalue weighted by Crippen LogP contribution is 2.08. The van der Waals surface area contributed by atoms with Crippen molar-refractivity contribution >= 4 is 10.8 Å². The smallest absolute Gasteiger partial charge is 0.0526 e. The SMILES string of the molecule is CCc1ccc(S(=O)CC)cc1. The predicted octanol–water partition coefficient (Wildman–Crippen LogP) is 2.38. The third-order valence-electron chi connectivity index (χ3n) is 1.86. The molecule has 0 aliphatic carbocycles. The van der Waals surface area contributed by atoms with Crippen LogP contribution in [0.15, 0.2) is 29.2 Å². The Balaban J connectivity index is 2.84. The first kappa shape index (κ1) is 9.46. The fourth-order valence-corrected chi connectivity index (χ4v) is 1.82. The Kier molecular flexibility index (Phi) is 3.48. The molecule has 1 aromatic rings. The van der Waals surface area contributed by atoms with Crippen molar-refractivity contribution in [3.05, 3.63) is 29.8 Å². The minimum absolute atomic E-state index is 0.700. The second kappa shape index (κ2) is 4.41. The molecule has 0 aromatic heterocycles. The Labute approximate surface area is 76.3 Å². The first-order valence-corrected chi connectivity index (χ1v) is 5.57. The third-order valence-corrected chi connectivity index (χ3v) is 3.18. The molecule has 0 amide bonds. The maximum atomic E-state index is 11.3. The van der Waals surface area contributed by atoms with Crippen molar-refractivity contribution in [1.29, 1.82) is 0 Å². The van der Waals surface area contributed by atoms with Crippen LogP contribution in [0, 0.1) is 0 Å². The normalized spacial score (nSPS) is 12.8. The molecule has 1 aromatic carbocycles. The van der Waals surface area contributed by atoms with Gasteiger partial charge in [0.2, 0.25) is 0 Å². The van der Waals surface area contributed by atoms with Crippen LogP contribution in [-0.2, 0) is 17.2 Å². The van der Waals surface area contributed by atoms with E-state index in [-0.39, 0.29) is 0 Å². The second-order valence-electron chi connectivity index (χ2n) is 2.63. The van der Waals surface area contributed by atoms with Crippen molar-refractivity contribution < 1.29 is 4.21 Å². The van der Waals surface area contributed by atoms with E-state index in [0.29, 0.717) is 5.75 Å². The topological polar surface area (TPSA) is 17.1 Å². The molecule has 1 atom stereocenters. The van der Waals surface area contributed by atoms with Gasteiger partial charge in [-0.25, -0.2) is 0 Å². The lowest BCUT2D eigenvalue weighted by atomic mass is 10.2. The van der Waals surface area contributed by atoms with Crippen LogP contribution in [0.4, 0.5) is 0 Å². The summed E-state index contributed by atoms with van der Waals surface area (Å²) in [5.74, 6) is 0.700. The number of hydrogen-bond donors (Lipinski definition) is 0. The van der Waals surface area contributed by atoms with Gasteiger partial charge in [0, 0.05) is 10.6 Å². The van der Waals surface area contributed by atoms with Gasteiger partial charge in [-0.3, -0.25) is 4.21 Å². The molecule has 0 fully saturated rings. The van der Waals surface area contributed by atoms with Gasteiger partial charge in [0.05, 0.1) is 10.8 Å². The highest BCUT2D eigenvalue weighted by molar-refractivity contribution is 7.85. The van der Waals surface area contributed by atoms with Crippen molar-refractivity contribution in [2.45, 2.75) is 25.2 Å². The van der Waals surface area contributed by atoms with Crippen LogP contribution in [-0.4, -0.2) is 9.96 Å². The van der Waals surface area contributed by atoms with E-state index in [9.17, 15) is 4.21 Å². The van der Waals surface area contributed by atoms with Crippen LogP contribution in [0.1, 0.15) is 19.4 Å². The molecule has 0 bridgehead atoms. The Morgan fingerprint density at radius 3 is 2.17 bits per heavy atom. The molecule has 1 rings (SSSR count). The van der Waals surface area contributed by atoms with Crippen LogP contribution in [0.2, 0.25) is 0 Å². The Morgan fingerprint density at radius 1 is 1.17 bits per heavy atom. The molecule has 0 radical (unpaired) electrons. The van der Waals surface area contributed by atoms with Gasteiger partial charge in [0.25, 0.3) is 0 Å². The number of aryl methyl sites for hydroxylation is 1. The number of rotatable bonds is 3. The van der Waals surface area contributed by atoms with Crippen molar-refractivity contribution in [1.82, 2.24) is 0 Å². The lowest BCUT2D eigenvalue weighted by Gasteiger charge is -1.99. The van der Waals surface area contributed by atoms with Crippen LogP contribution >= 0.6 is 0 Å². The maximum Gasteiger partial charge on any atom is 0.0526 e. The molecule has 1 unspecified atom stereocenters. The summed E-state index contributed by atoms with van der Waals surface area (Å²) in [6.45, 7) is 4.05. The highest BCUT2D eigenvalue weighted by Gasteiger charge is 1.98. The third kappa shape index (κ3) is 2.18. The average Bonchev–Trinajstić information content (AvgIpc) is 2.17. The summed E-state index contributed by atoms with van der Waals surface area (Å²) < 4.78 is 11.3. The Hall–Kier alpha value is -0.630. The van der Waals surface area contributed by atoms with E-state index in [1.165, 1.54) is 5.56 Å². The fraction of sp³-hybridized carbons (Fsp3) is 0.400. The van der Waals surface area contributed by atoms with Gasteiger partial charge in [0.15, 0.2) is 0 Å². The molecule has 0 aliphatic heterocycles. The molecule has 0 heterocycles. The summed E-state index contributed by atoms with van der Waals surface area (Å²) in [6.07, 6.45) is 1.04. The number of hydrogen-bond acceptors (Lipinski definition) is 1. The van der Waals surface area contributed by atoms with E-state index in [4.69, 9.17) is 0 Å². The van der Waals surface area contributed by atoms with Gasteiger partial charge in [-0.15, -0.1) is 0 Å². The highest BCUT2D eigenvalue weighted by atomic mass is 32.2. The van der Waals surface area contributed by atoms with Gasteiger partial charge < -0.3 is 0 Å². The molecular formula is C10H14OS. The second-order valence-corrected chi connectivity index (χ2v) is 4.37. The van der Waals surface area contributed by atoms with Crippen LogP contribution in [0.25, 0.3) is 0 Å². The molecular weight excluding hydrogens is 168 g/mol. The van der Waals surface area contributed by atoms with Gasteiger partial charge in [0.1, 0.15) is 0 Å². The molecule has 12 heavy (non-hydrogen) atoms. The largest absolute Gasteiger partial charge is 0.254 e. The summed E-state index contributed by atoms with van der Waals surface area (Å²) in [5.41, 5.74) is 1.30. The van der Waals surface area contributed by atoms with Gasteiger partial charge in [-0.2, -0.15) is 0 Å². The first-order chi connectivity index (χ1) is 5.77. The minimum Gasteiger partial charge on any atom is -0.254 e. The van der Waals surface area contributed by atoms with Crippen LogP contribution in [0.3, 0.4) is 0 Å². The molecule has 0 saturated carbocycles. The van der Waals surface area contributed by atoms with E-state index in [1.807, 2.05) is 31.2 Å². The maximum absolute atomic E-state index is 11.3. The molecule has 2 heteroatoms. The minimum atomic E-state index is -0.801. The summed E-state index contributed by atoms with van der Waals surface area (Å²) in [4.78, 5) is 0.940. The monoisotopic (exact) mass is 182 g/mol. The zero-order chi connectivity index (χ0) is 8.97. The van der Waals surface area contributed by atoms with E-state index in [2.05, 4.69) is 6.92 Å². The lowest BCUT2D eigenvalue weighted by Crippen LogP contribution is -1.93. The fourth-order valence-electron chi connectivity index (χ4n) is 1.04. The quantitative estimate of drug-likeness (QED) is 0.701. The van der Waals surface area contributed by atoms with Crippen molar-refractivity contribution in [2.75, 3.05) is 5.75 Å². The van der Waals surface area contributed by atoms with E-state index in [1.54, 1.807) is 0 Å². The molecule has 0 saturated heterocycles. The zero-order valence-electron chi connectivity index (χ0n) is 7.54. The standard InChI is InChI=1S/C10H14OS/c1-3-9-5-7-10(8-6-9)12(11)4-2/h5-8H,3-4H2,1-2H3. The Morgan fingerprint density at radius 2 is 1.75 bits per heavy atom. The summed E-state index contributed by atoms with van der Waals surface area (Å²) in [6, 6.07) is 8.00.